The molecule has 19 heavy (non-hydrogen) atoms. The predicted molar refractivity (Wildman–Crippen MR) is 80.8 cm³/mol. The Morgan fingerprint density at radius 2 is 2.26 bits per heavy atom. The fourth-order valence-corrected chi connectivity index (χ4v) is 3.64. The van der Waals surface area contributed by atoms with Crippen molar-refractivity contribution in [3.8, 4) is 0 Å². The first-order chi connectivity index (χ1) is 9.02. The zero-order chi connectivity index (χ0) is 14.0. The largest absolute Gasteiger partial charge is 0.397 e. The summed E-state index contributed by atoms with van der Waals surface area (Å²) in [6.45, 7) is 5.35. The summed E-state index contributed by atoms with van der Waals surface area (Å²) in [5.41, 5.74) is 11.7. The highest BCUT2D eigenvalue weighted by molar-refractivity contribution is 7.18. The molecule has 2 heterocycles. The van der Waals surface area contributed by atoms with Crippen molar-refractivity contribution in [2.75, 3.05) is 37.3 Å². The molecule has 1 amide bonds. The lowest BCUT2D eigenvalue weighted by Gasteiger charge is -2.30. The summed E-state index contributed by atoms with van der Waals surface area (Å²) in [6, 6.07) is 2.35. The Balaban J connectivity index is 2.27. The fraction of sp³-hybridized carbons (Fsp3) is 0.615. The van der Waals surface area contributed by atoms with Crippen LogP contribution in [0.2, 0.25) is 0 Å². The third-order valence-corrected chi connectivity index (χ3v) is 4.83. The SMILES string of the molecule is CCC1CN(C)CCCN1c1cc(N)c(C(N)=O)s1. The Morgan fingerprint density at radius 3 is 2.84 bits per heavy atom. The van der Waals surface area contributed by atoms with Crippen LogP contribution in [0.4, 0.5) is 10.7 Å². The number of carbonyl (C=O) groups excluding carboxylic acids is 1. The van der Waals surface area contributed by atoms with Gasteiger partial charge in [0, 0.05) is 19.1 Å². The predicted octanol–water partition coefficient (Wildman–Crippen LogP) is 1.35. The van der Waals surface area contributed by atoms with Crippen LogP contribution < -0.4 is 16.4 Å². The van der Waals surface area contributed by atoms with E-state index in [0.717, 1.165) is 37.5 Å². The minimum atomic E-state index is -0.436. The molecule has 1 saturated heterocycles. The smallest absolute Gasteiger partial charge is 0.260 e. The molecule has 4 N–H and O–H groups in total. The second-order valence-corrected chi connectivity index (χ2v) is 6.14. The van der Waals surface area contributed by atoms with E-state index in [1.807, 2.05) is 6.07 Å². The summed E-state index contributed by atoms with van der Waals surface area (Å²) in [6.07, 6.45) is 2.20. The van der Waals surface area contributed by atoms with Crippen LogP contribution in [0.3, 0.4) is 0 Å². The number of nitrogens with zero attached hydrogens (tertiary/aromatic N) is 2. The molecular weight excluding hydrogens is 260 g/mol. The van der Waals surface area contributed by atoms with Crippen molar-refractivity contribution in [2.45, 2.75) is 25.8 Å². The van der Waals surface area contributed by atoms with E-state index >= 15 is 0 Å². The van der Waals surface area contributed by atoms with Crippen LogP contribution in [0.1, 0.15) is 29.4 Å². The Labute approximate surface area is 118 Å². The van der Waals surface area contributed by atoms with Crippen molar-refractivity contribution in [3.05, 3.63) is 10.9 Å². The average molecular weight is 282 g/mol. The van der Waals surface area contributed by atoms with Crippen LogP contribution in [0.15, 0.2) is 6.07 Å². The molecule has 0 radical (unpaired) electrons. The first-order valence-electron chi connectivity index (χ1n) is 6.67. The van der Waals surface area contributed by atoms with E-state index in [4.69, 9.17) is 11.5 Å². The Bertz CT molecular complexity index is 459. The monoisotopic (exact) mass is 282 g/mol. The number of anilines is 2. The van der Waals surface area contributed by atoms with Crippen LogP contribution in [-0.2, 0) is 0 Å². The molecule has 1 aliphatic rings. The third-order valence-electron chi connectivity index (χ3n) is 3.63. The van der Waals surface area contributed by atoms with Gasteiger partial charge in [-0.25, -0.2) is 0 Å². The fourth-order valence-electron chi connectivity index (χ4n) is 2.61. The van der Waals surface area contributed by atoms with Gasteiger partial charge in [-0.2, -0.15) is 0 Å². The first kappa shape index (κ1) is 14.1. The van der Waals surface area contributed by atoms with Crippen LogP contribution >= 0.6 is 11.3 Å². The number of thiophene rings is 1. The van der Waals surface area contributed by atoms with Gasteiger partial charge in [0.15, 0.2) is 0 Å². The zero-order valence-corrected chi connectivity index (χ0v) is 12.4. The maximum absolute atomic E-state index is 11.3. The van der Waals surface area contributed by atoms with Gasteiger partial charge in [-0.3, -0.25) is 4.79 Å². The minimum absolute atomic E-state index is 0.436. The molecule has 2 rings (SSSR count). The standard InChI is InChI=1S/C13H22N4OS/c1-3-9-8-16(2)5-4-6-17(9)11-7-10(14)12(19-11)13(15)18/h7,9H,3-6,8,14H2,1-2H3,(H2,15,18). The van der Waals surface area contributed by atoms with Gasteiger partial charge < -0.3 is 21.3 Å². The highest BCUT2D eigenvalue weighted by Gasteiger charge is 2.25. The van der Waals surface area contributed by atoms with Crippen molar-refractivity contribution in [3.63, 3.8) is 0 Å². The molecule has 0 aromatic carbocycles. The summed E-state index contributed by atoms with van der Waals surface area (Å²) < 4.78 is 0. The number of likely N-dealkylation sites (N-methyl/N-ethyl adjacent to an activating group) is 1. The second kappa shape index (κ2) is 5.79. The van der Waals surface area contributed by atoms with Gasteiger partial charge in [0.2, 0.25) is 0 Å². The van der Waals surface area contributed by atoms with Crippen LogP contribution in [0.25, 0.3) is 0 Å². The highest BCUT2D eigenvalue weighted by Crippen LogP contribution is 2.34. The molecule has 1 fully saturated rings. The first-order valence-corrected chi connectivity index (χ1v) is 7.48. The second-order valence-electron chi connectivity index (χ2n) is 5.10. The van der Waals surface area contributed by atoms with E-state index < -0.39 is 5.91 Å². The van der Waals surface area contributed by atoms with Crippen LogP contribution in [-0.4, -0.2) is 43.5 Å². The summed E-state index contributed by atoms with van der Waals surface area (Å²) in [5.74, 6) is -0.436. The molecule has 1 aliphatic heterocycles. The lowest BCUT2D eigenvalue weighted by molar-refractivity contribution is 0.100. The topological polar surface area (TPSA) is 75.6 Å². The van der Waals surface area contributed by atoms with E-state index in [-0.39, 0.29) is 0 Å². The van der Waals surface area contributed by atoms with E-state index in [2.05, 4.69) is 23.8 Å². The molecule has 1 atom stereocenters. The van der Waals surface area contributed by atoms with Crippen LogP contribution in [0.5, 0.6) is 0 Å². The van der Waals surface area contributed by atoms with Gasteiger partial charge >= 0.3 is 0 Å². The normalized spacial score (nSPS) is 21.4. The highest BCUT2D eigenvalue weighted by atomic mass is 32.1. The molecule has 1 aromatic heterocycles. The third kappa shape index (κ3) is 3.01. The molecule has 5 nitrogen and oxygen atoms in total. The minimum Gasteiger partial charge on any atom is -0.397 e. The van der Waals surface area contributed by atoms with Crippen LogP contribution in [0, 0.1) is 0 Å². The molecule has 0 spiro atoms. The van der Waals surface area contributed by atoms with Crippen molar-refractivity contribution in [1.29, 1.82) is 0 Å². The summed E-state index contributed by atoms with van der Waals surface area (Å²) in [5, 5.41) is 1.06. The quantitative estimate of drug-likeness (QED) is 0.877. The molecule has 0 saturated carbocycles. The van der Waals surface area contributed by atoms with Gasteiger partial charge in [0.25, 0.3) is 5.91 Å². The van der Waals surface area contributed by atoms with E-state index in [1.165, 1.54) is 11.3 Å². The molecule has 0 aliphatic carbocycles. The van der Waals surface area contributed by atoms with E-state index in [0.29, 0.717) is 16.6 Å². The number of primary amides is 1. The number of rotatable bonds is 3. The molecular formula is C13H22N4OS. The molecule has 0 bridgehead atoms. The van der Waals surface area contributed by atoms with E-state index in [9.17, 15) is 4.79 Å². The number of nitrogen functional groups attached to an aromatic ring is 1. The van der Waals surface area contributed by atoms with Crippen molar-refractivity contribution in [1.82, 2.24) is 4.90 Å². The number of carbonyl (C=O) groups is 1. The summed E-state index contributed by atoms with van der Waals surface area (Å²) in [7, 11) is 2.16. The lowest BCUT2D eigenvalue weighted by atomic mass is 10.2. The van der Waals surface area contributed by atoms with E-state index in [1.54, 1.807) is 0 Å². The maximum Gasteiger partial charge on any atom is 0.260 e. The number of nitrogens with two attached hydrogens (primary N) is 2. The maximum atomic E-state index is 11.3. The Morgan fingerprint density at radius 1 is 1.53 bits per heavy atom. The molecule has 6 heteroatoms. The van der Waals surface area contributed by atoms with Crippen molar-refractivity contribution in [2.24, 2.45) is 5.73 Å². The van der Waals surface area contributed by atoms with Gasteiger partial charge in [-0.05, 0) is 32.5 Å². The summed E-state index contributed by atoms with van der Waals surface area (Å²) in [4.78, 5) is 16.5. The number of hydrogen-bond acceptors (Lipinski definition) is 5. The average Bonchev–Trinajstić information content (AvgIpc) is 2.63. The Hall–Kier alpha value is -1.27. The van der Waals surface area contributed by atoms with Gasteiger partial charge in [-0.15, -0.1) is 11.3 Å². The van der Waals surface area contributed by atoms with Gasteiger partial charge in [0.1, 0.15) is 4.88 Å². The summed E-state index contributed by atoms with van der Waals surface area (Å²) >= 11 is 1.41. The molecule has 1 aromatic rings. The number of amides is 1. The zero-order valence-electron chi connectivity index (χ0n) is 11.6. The molecule has 1 unspecified atom stereocenters. The van der Waals surface area contributed by atoms with Gasteiger partial charge in [0.05, 0.1) is 10.7 Å². The van der Waals surface area contributed by atoms with Crippen molar-refractivity contribution < 1.29 is 4.79 Å². The van der Waals surface area contributed by atoms with Gasteiger partial charge in [-0.1, -0.05) is 6.92 Å². The van der Waals surface area contributed by atoms with Crippen molar-refractivity contribution >= 4 is 27.9 Å². The molecule has 106 valence electrons. The Kier molecular flexibility index (Phi) is 4.31. The number of hydrogen-bond donors (Lipinski definition) is 2. The lowest BCUT2D eigenvalue weighted by Crippen LogP contribution is -2.39.